The maximum absolute atomic E-state index is 11.5. The van der Waals surface area contributed by atoms with Crippen LogP contribution in [0.15, 0.2) is 12.2 Å². The number of hydrogen-bond donors (Lipinski definition) is 3. The molecule has 0 unspecified atom stereocenters. The van der Waals surface area contributed by atoms with Crippen molar-refractivity contribution in [2.45, 2.75) is 84.0 Å². The number of amides is 2. The Labute approximate surface area is 188 Å². The zero-order valence-corrected chi connectivity index (χ0v) is 19.4. The van der Waals surface area contributed by atoms with Crippen molar-refractivity contribution in [3.05, 3.63) is 12.2 Å². The van der Waals surface area contributed by atoms with Gasteiger partial charge in [-0.2, -0.15) is 0 Å². The van der Waals surface area contributed by atoms with Gasteiger partial charge in [0.2, 0.25) is 0 Å². The lowest BCUT2D eigenvalue weighted by Crippen LogP contribution is -2.35. The largest absolute Gasteiger partial charge is 0.463 e. The standard InChI is InChI=1S/C23H44N2O6/c1-2-24-23(28)25-17-15-13-11-9-7-5-3-4-6-8-10-12-14-16-22(27)29-20-21-31-30-19-18-26/h7,9,26H,2-6,8,10-21H2,1H3,(H2,24,25,28)/b9-7-. The molecule has 0 aromatic rings. The molecule has 0 fully saturated rings. The summed E-state index contributed by atoms with van der Waals surface area (Å²) in [6.45, 7) is 3.67. The minimum atomic E-state index is -0.198. The van der Waals surface area contributed by atoms with Gasteiger partial charge in [0.25, 0.3) is 0 Å². The van der Waals surface area contributed by atoms with E-state index in [1.807, 2.05) is 6.92 Å². The molecular weight excluding hydrogens is 400 g/mol. The van der Waals surface area contributed by atoms with Crippen LogP contribution in [-0.2, 0) is 19.3 Å². The monoisotopic (exact) mass is 444 g/mol. The van der Waals surface area contributed by atoms with Crippen molar-refractivity contribution >= 4 is 12.0 Å². The highest BCUT2D eigenvalue weighted by Gasteiger charge is 2.02. The Morgan fingerprint density at radius 2 is 1.39 bits per heavy atom. The van der Waals surface area contributed by atoms with E-state index < -0.39 is 0 Å². The fourth-order valence-corrected chi connectivity index (χ4v) is 2.88. The van der Waals surface area contributed by atoms with Crippen LogP contribution >= 0.6 is 0 Å². The van der Waals surface area contributed by atoms with Crippen LogP contribution in [0.2, 0.25) is 0 Å². The molecule has 0 bridgehead atoms. The van der Waals surface area contributed by atoms with E-state index in [0.29, 0.717) is 13.0 Å². The fraction of sp³-hybridized carbons (Fsp3) is 0.826. The third kappa shape index (κ3) is 24.5. The Morgan fingerprint density at radius 1 is 0.774 bits per heavy atom. The van der Waals surface area contributed by atoms with Gasteiger partial charge in [-0.25, -0.2) is 14.6 Å². The molecule has 0 aliphatic heterocycles. The van der Waals surface area contributed by atoms with Crippen LogP contribution in [0.3, 0.4) is 0 Å². The van der Waals surface area contributed by atoms with Gasteiger partial charge in [-0.05, 0) is 45.4 Å². The van der Waals surface area contributed by atoms with E-state index in [-0.39, 0.29) is 38.4 Å². The molecule has 0 aromatic heterocycles. The SMILES string of the molecule is CCNC(=O)NCCCC/C=C\CCCCCCCCCC(=O)OCCOOCCO. The number of unbranched alkanes of at least 4 members (excludes halogenated alkanes) is 9. The van der Waals surface area contributed by atoms with Crippen LogP contribution in [-0.4, -0.2) is 56.6 Å². The second-order valence-electron chi connectivity index (χ2n) is 7.35. The molecule has 182 valence electrons. The summed E-state index contributed by atoms with van der Waals surface area (Å²) >= 11 is 0. The Hall–Kier alpha value is -1.64. The molecule has 8 heteroatoms. The number of rotatable bonds is 22. The Balaban J connectivity index is 3.23. The van der Waals surface area contributed by atoms with Crippen LogP contribution in [0.5, 0.6) is 0 Å². The summed E-state index contributed by atoms with van der Waals surface area (Å²) in [6, 6.07) is -0.0795. The van der Waals surface area contributed by atoms with E-state index in [4.69, 9.17) is 14.7 Å². The summed E-state index contributed by atoms with van der Waals surface area (Å²) in [6.07, 6.45) is 17.3. The van der Waals surface area contributed by atoms with Crippen molar-refractivity contribution in [1.82, 2.24) is 10.6 Å². The van der Waals surface area contributed by atoms with Crippen LogP contribution in [0.4, 0.5) is 4.79 Å². The van der Waals surface area contributed by atoms with Crippen molar-refractivity contribution in [3.63, 3.8) is 0 Å². The van der Waals surface area contributed by atoms with Gasteiger partial charge in [0.1, 0.15) is 19.8 Å². The Bertz CT molecular complexity index is 446. The van der Waals surface area contributed by atoms with Crippen LogP contribution in [0.25, 0.3) is 0 Å². The number of nitrogens with one attached hydrogen (secondary N) is 2. The molecule has 0 atom stereocenters. The van der Waals surface area contributed by atoms with Gasteiger partial charge in [0, 0.05) is 19.5 Å². The number of carbonyl (C=O) groups excluding carboxylic acids is 2. The molecule has 0 saturated heterocycles. The summed E-state index contributed by atoms with van der Waals surface area (Å²) < 4.78 is 5.03. The number of hydrogen-bond acceptors (Lipinski definition) is 6. The minimum absolute atomic E-state index is 0.0795. The van der Waals surface area contributed by atoms with Gasteiger partial charge in [-0.15, -0.1) is 0 Å². The maximum atomic E-state index is 11.5. The molecule has 8 nitrogen and oxygen atoms in total. The molecule has 0 spiro atoms. The van der Waals surface area contributed by atoms with Crippen molar-refractivity contribution < 1.29 is 29.2 Å². The number of urea groups is 1. The van der Waals surface area contributed by atoms with Crippen molar-refractivity contribution in [2.24, 2.45) is 0 Å². The van der Waals surface area contributed by atoms with Gasteiger partial charge in [0.05, 0.1) is 6.61 Å². The molecule has 0 radical (unpaired) electrons. The number of carbonyl (C=O) groups is 2. The van der Waals surface area contributed by atoms with Gasteiger partial charge in [-0.1, -0.05) is 44.3 Å². The Morgan fingerprint density at radius 3 is 2.06 bits per heavy atom. The first-order chi connectivity index (χ1) is 15.2. The lowest BCUT2D eigenvalue weighted by Gasteiger charge is -2.05. The van der Waals surface area contributed by atoms with Gasteiger partial charge >= 0.3 is 12.0 Å². The van der Waals surface area contributed by atoms with E-state index in [1.165, 1.54) is 25.7 Å². The number of ether oxygens (including phenoxy) is 1. The molecule has 3 N–H and O–H groups in total. The predicted molar refractivity (Wildman–Crippen MR) is 122 cm³/mol. The number of esters is 1. The molecular formula is C23H44N2O6. The highest BCUT2D eigenvalue weighted by Crippen LogP contribution is 2.10. The first kappa shape index (κ1) is 29.4. The smallest absolute Gasteiger partial charge is 0.314 e. The number of allylic oxidation sites excluding steroid dienone is 2. The zero-order chi connectivity index (χ0) is 22.8. The topological polar surface area (TPSA) is 106 Å². The van der Waals surface area contributed by atoms with Crippen LogP contribution in [0, 0.1) is 0 Å². The molecule has 0 heterocycles. The summed E-state index contributed by atoms with van der Waals surface area (Å²) in [5, 5.41) is 14.0. The second-order valence-corrected chi connectivity index (χ2v) is 7.35. The molecule has 0 rings (SSSR count). The highest BCUT2D eigenvalue weighted by atomic mass is 17.2. The minimum Gasteiger partial charge on any atom is -0.463 e. The first-order valence-corrected chi connectivity index (χ1v) is 11.9. The average molecular weight is 445 g/mol. The van der Waals surface area contributed by atoms with Gasteiger partial charge in [-0.3, -0.25) is 4.79 Å². The van der Waals surface area contributed by atoms with E-state index in [2.05, 4.69) is 27.7 Å². The van der Waals surface area contributed by atoms with E-state index in [0.717, 1.165) is 51.5 Å². The number of aliphatic hydroxyl groups excluding tert-OH is 1. The van der Waals surface area contributed by atoms with Crippen molar-refractivity contribution in [3.8, 4) is 0 Å². The highest BCUT2D eigenvalue weighted by molar-refractivity contribution is 5.73. The fourth-order valence-electron chi connectivity index (χ4n) is 2.88. The van der Waals surface area contributed by atoms with E-state index in [1.54, 1.807) is 0 Å². The molecule has 0 saturated carbocycles. The van der Waals surface area contributed by atoms with E-state index >= 15 is 0 Å². The quantitative estimate of drug-likeness (QED) is 0.0765. The summed E-state index contributed by atoms with van der Waals surface area (Å²) in [5.41, 5.74) is 0. The van der Waals surface area contributed by atoms with Gasteiger partial charge in [0.15, 0.2) is 0 Å². The van der Waals surface area contributed by atoms with E-state index in [9.17, 15) is 9.59 Å². The van der Waals surface area contributed by atoms with Crippen molar-refractivity contribution in [2.75, 3.05) is 39.5 Å². The first-order valence-electron chi connectivity index (χ1n) is 11.9. The van der Waals surface area contributed by atoms with Crippen LogP contribution < -0.4 is 10.6 Å². The van der Waals surface area contributed by atoms with Gasteiger partial charge < -0.3 is 20.5 Å². The average Bonchev–Trinajstić information content (AvgIpc) is 2.76. The lowest BCUT2D eigenvalue weighted by molar-refractivity contribution is -0.301. The molecule has 0 aliphatic rings. The summed E-state index contributed by atoms with van der Waals surface area (Å²) in [5.74, 6) is -0.198. The summed E-state index contributed by atoms with van der Waals surface area (Å²) in [4.78, 5) is 32.1. The Kier molecular flexibility index (Phi) is 23.3. The third-order valence-corrected chi connectivity index (χ3v) is 4.53. The molecule has 0 aliphatic carbocycles. The lowest BCUT2D eigenvalue weighted by atomic mass is 10.1. The number of aliphatic hydroxyl groups is 1. The summed E-state index contributed by atoms with van der Waals surface area (Å²) in [7, 11) is 0. The van der Waals surface area contributed by atoms with Crippen LogP contribution in [0.1, 0.15) is 84.0 Å². The molecule has 31 heavy (non-hydrogen) atoms. The molecule has 0 aromatic carbocycles. The third-order valence-electron chi connectivity index (χ3n) is 4.53. The maximum Gasteiger partial charge on any atom is 0.314 e. The second kappa shape index (κ2) is 24.6. The predicted octanol–water partition coefficient (Wildman–Crippen LogP) is 4.03. The normalized spacial score (nSPS) is 11.0. The zero-order valence-electron chi connectivity index (χ0n) is 19.4. The van der Waals surface area contributed by atoms with Crippen molar-refractivity contribution in [1.29, 1.82) is 0 Å². The molecule has 2 amide bonds.